The molecule has 0 saturated carbocycles. The van der Waals surface area contributed by atoms with E-state index in [1.165, 1.54) is 0 Å². The van der Waals surface area contributed by atoms with Crippen molar-refractivity contribution in [2.24, 2.45) is 17.2 Å². The predicted octanol–water partition coefficient (Wildman–Crippen LogP) is -4.29. The number of hydrogen-bond donors (Lipinski definition) is 9. The summed E-state index contributed by atoms with van der Waals surface area (Å²) in [6.07, 6.45) is -0.660. The van der Waals surface area contributed by atoms with Crippen molar-refractivity contribution in [3.05, 3.63) is 0 Å². The number of aliphatic hydroxyl groups excluding tert-OH is 1. The van der Waals surface area contributed by atoms with Crippen LogP contribution in [-0.4, -0.2) is 88.2 Å². The van der Waals surface area contributed by atoms with Gasteiger partial charge in [-0.1, -0.05) is 0 Å². The number of rotatable bonds is 17. The molecule has 0 fully saturated rings. The van der Waals surface area contributed by atoms with Crippen LogP contribution in [0.25, 0.3) is 0 Å². The third kappa shape index (κ3) is 12.4. The Morgan fingerprint density at radius 1 is 0.788 bits per heavy atom. The second kappa shape index (κ2) is 15.5. The first kappa shape index (κ1) is 29.7. The van der Waals surface area contributed by atoms with Gasteiger partial charge in [-0.3, -0.25) is 24.0 Å². The van der Waals surface area contributed by atoms with Gasteiger partial charge in [0.05, 0.1) is 13.0 Å². The van der Waals surface area contributed by atoms with Crippen molar-refractivity contribution in [1.29, 1.82) is 0 Å². The zero-order valence-corrected chi connectivity index (χ0v) is 18.0. The van der Waals surface area contributed by atoms with Gasteiger partial charge in [-0.25, -0.2) is 4.79 Å². The molecule has 15 nitrogen and oxygen atoms in total. The van der Waals surface area contributed by atoms with Crippen LogP contribution in [0.3, 0.4) is 0 Å². The zero-order valence-electron chi connectivity index (χ0n) is 18.0. The topological polar surface area (TPSA) is 277 Å². The van der Waals surface area contributed by atoms with Crippen LogP contribution in [0.15, 0.2) is 0 Å². The van der Waals surface area contributed by atoms with E-state index in [2.05, 4.69) is 16.0 Å². The Kier molecular flexibility index (Phi) is 13.9. The summed E-state index contributed by atoms with van der Waals surface area (Å²) in [5, 5.41) is 33.6. The van der Waals surface area contributed by atoms with E-state index >= 15 is 0 Å². The number of aliphatic hydroxyl groups is 1. The van der Waals surface area contributed by atoms with Gasteiger partial charge in [-0.15, -0.1) is 0 Å². The number of unbranched alkanes of at least 4 members (excludes halogenated alkanes) is 1. The monoisotopic (exact) mass is 476 g/mol. The first-order chi connectivity index (χ1) is 15.4. The number of hydrogen-bond acceptors (Lipinski definition) is 9. The Bertz CT molecular complexity index is 718. The lowest BCUT2D eigenvalue weighted by molar-refractivity contribution is -0.143. The smallest absolute Gasteiger partial charge is 0.326 e. The minimum Gasteiger partial charge on any atom is -0.481 e. The Balaban J connectivity index is 5.49. The van der Waals surface area contributed by atoms with Crippen molar-refractivity contribution in [2.75, 3.05) is 13.2 Å². The highest BCUT2D eigenvalue weighted by molar-refractivity contribution is 5.96. The molecular formula is C18H32N6O9. The summed E-state index contributed by atoms with van der Waals surface area (Å²) in [7, 11) is 0. The predicted molar refractivity (Wildman–Crippen MR) is 112 cm³/mol. The molecule has 4 atom stereocenters. The Morgan fingerprint density at radius 3 is 1.82 bits per heavy atom. The number of aliphatic carboxylic acids is 2. The van der Waals surface area contributed by atoms with E-state index in [1.807, 2.05) is 0 Å². The first-order valence-corrected chi connectivity index (χ1v) is 10.1. The maximum Gasteiger partial charge on any atom is 0.326 e. The molecule has 0 aliphatic heterocycles. The molecule has 188 valence electrons. The molecule has 0 radical (unpaired) electrons. The van der Waals surface area contributed by atoms with Gasteiger partial charge < -0.3 is 48.5 Å². The van der Waals surface area contributed by atoms with E-state index in [0.29, 0.717) is 12.8 Å². The van der Waals surface area contributed by atoms with Crippen molar-refractivity contribution >= 4 is 35.6 Å². The van der Waals surface area contributed by atoms with E-state index in [0.717, 1.165) is 0 Å². The molecule has 0 saturated heterocycles. The van der Waals surface area contributed by atoms with E-state index in [4.69, 9.17) is 27.4 Å². The standard InChI is InChI=1S/C18H32N6O9/c19-6-2-1-3-10(16(30)23-11(18(32)33)4-5-14(27)28)22-17(31)12(7-13(21)26)24-15(29)9(20)8-25/h9-12,25H,1-8,19-20H2,(H2,21,26)(H,22,31)(H,23,30)(H,24,29)(H,27,28)(H,32,33). The number of carbonyl (C=O) groups excluding carboxylic acids is 4. The van der Waals surface area contributed by atoms with Crippen LogP contribution < -0.4 is 33.2 Å². The molecule has 0 aromatic heterocycles. The summed E-state index contributed by atoms with van der Waals surface area (Å²) in [5.41, 5.74) is 15.9. The van der Waals surface area contributed by atoms with Gasteiger partial charge >= 0.3 is 11.9 Å². The molecule has 4 amide bonds. The number of primary amides is 1. The SMILES string of the molecule is NCCCCC(NC(=O)C(CC(N)=O)NC(=O)C(N)CO)C(=O)NC(CCC(=O)O)C(=O)O. The minimum atomic E-state index is -1.52. The van der Waals surface area contributed by atoms with E-state index in [1.54, 1.807) is 0 Å². The summed E-state index contributed by atoms with van der Waals surface area (Å²) in [5.74, 6) is -6.49. The van der Waals surface area contributed by atoms with E-state index < -0.39 is 79.2 Å². The fourth-order valence-corrected chi connectivity index (χ4v) is 2.60. The Labute approximate surface area is 189 Å². The fourth-order valence-electron chi connectivity index (χ4n) is 2.60. The van der Waals surface area contributed by atoms with Gasteiger partial charge in [-0.05, 0) is 32.2 Å². The summed E-state index contributed by atoms with van der Waals surface area (Å²) in [6, 6.07) is -5.69. The highest BCUT2D eigenvalue weighted by atomic mass is 16.4. The molecule has 0 spiro atoms. The molecule has 0 aliphatic carbocycles. The number of nitrogens with one attached hydrogen (secondary N) is 3. The first-order valence-electron chi connectivity index (χ1n) is 10.1. The summed E-state index contributed by atoms with van der Waals surface area (Å²) < 4.78 is 0. The van der Waals surface area contributed by atoms with Crippen LogP contribution in [0, 0.1) is 0 Å². The molecule has 0 rings (SSSR count). The summed E-state index contributed by atoms with van der Waals surface area (Å²) >= 11 is 0. The zero-order chi connectivity index (χ0) is 25.6. The number of carboxylic acids is 2. The lowest BCUT2D eigenvalue weighted by Crippen LogP contribution is -2.58. The molecule has 33 heavy (non-hydrogen) atoms. The molecule has 0 aliphatic rings. The lowest BCUT2D eigenvalue weighted by atomic mass is 10.1. The van der Waals surface area contributed by atoms with Crippen LogP contribution in [0.5, 0.6) is 0 Å². The summed E-state index contributed by atoms with van der Waals surface area (Å²) in [6.45, 7) is -0.439. The number of amides is 4. The van der Waals surface area contributed by atoms with Gasteiger partial charge in [0.2, 0.25) is 23.6 Å². The Morgan fingerprint density at radius 2 is 1.33 bits per heavy atom. The molecule has 0 bridgehead atoms. The van der Waals surface area contributed by atoms with Crippen LogP contribution in [-0.2, 0) is 28.8 Å². The maximum absolute atomic E-state index is 12.7. The van der Waals surface area contributed by atoms with Gasteiger partial charge in [0.25, 0.3) is 0 Å². The summed E-state index contributed by atoms with van der Waals surface area (Å²) in [4.78, 5) is 70.6. The number of carbonyl (C=O) groups is 6. The molecular weight excluding hydrogens is 444 g/mol. The van der Waals surface area contributed by atoms with Gasteiger partial charge in [-0.2, -0.15) is 0 Å². The third-order valence-corrected chi connectivity index (χ3v) is 4.41. The maximum atomic E-state index is 12.7. The second-order valence-electron chi connectivity index (χ2n) is 7.20. The Hall–Kier alpha value is -3.30. The van der Waals surface area contributed by atoms with Crippen molar-refractivity contribution in [3.8, 4) is 0 Å². The van der Waals surface area contributed by atoms with Gasteiger partial charge in [0.15, 0.2) is 0 Å². The van der Waals surface area contributed by atoms with Gasteiger partial charge in [0.1, 0.15) is 24.2 Å². The van der Waals surface area contributed by atoms with E-state index in [9.17, 15) is 33.9 Å². The van der Waals surface area contributed by atoms with Crippen molar-refractivity contribution in [3.63, 3.8) is 0 Å². The average molecular weight is 476 g/mol. The lowest BCUT2D eigenvalue weighted by Gasteiger charge is -2.24. The van der Waals surface area contributed by atoms with Crippen molar-refractivity contribution in [1.82, 2.24) is 16.0 Å². The van der Waals surface area contributed by atoms with Crippen LogP contribution >= 0.6 is 0 Å². The van der Waals surface area contributed by atoms with Crippen LogP contribution in [0.4, 0.5) is 0 Å². The van der Waals surface area contributed by atoms with Crippen molar-refractivity contribution < 1.29 is 44.1 Å². The normalized spacial score (nSPS) is 14.3. The van der Waals surface area contributed by atoms with Crippen molar-refractivity contribution in [2.45, 2.75) is 62.7 Å². The molecule has 15 heteroatoms. The number of nitrogens with two attached hydrogens (primary N) is 3. The second-order valence-corrected chi connectivity index (χ2v) is 7.20. The quantitative estimate of drug-likeness (QED) is 0.0905. The largest absolute Gasteiger partial charge is 0.481 e. The fraction of sp³-hybridized carbons (Fsp3) is 0.667. The van der Waals surface area contributed by atoms with Crippen LogP contribution in [0.2, 0.25) is 0 Å². The molecule has 0 aromatic rings. The highest BCUT2D eigenvalue weighted by Crippen LogP contribution is 2.06. The molecule has 4 unspecified atom stereocenters. The van der Waals surface area contributed by atoms with Gasteiger partial charge in [0, 0.05) is 6.42 Å². The highest BCUT2D eigenvalue weighted by Gasteiger charge is 2.31. The third-order valence-electron chi connectivity index (χ3n) is 4.41. The molecule has 0 heterocycles. The number of carboxylic acid groups (broad SMARTS) is 2. The molecule has 12 N–H and O–H groups in total. The molecule has 0 aromatic carbocycles. The average Bonchev–Trinajstić information content (AvgIpc) is 2.73. The van der Waals surface area contributed by atoms with E-state index in [-0.39, 0.29) is 19.4 Å². The minimum absolute atomic E-state index is 0.0352. The van der Waals surface area contributed by atoms with Crippen LogP contribution in [0.1, 0.15) is 38.5 Å².